The summed E-state index contributed by atoms with van der Waals surface area (Å²) in [6.07, 6.45) is 2.78. The van der Waals surface area contributed by atoms with E-state index in [2.05, 4.69) is 42.9 Å². The molecule has 0 saturated heterocycles. The predicted octanol–water partition coefficient (Wildman–Crippen LogP) is 5.78. The molecule has 0 fully saturated rings. The van der Waals surface area contributed by atoms with Crippen molar-refractivity contribution in [1.29, 1.82) is 0 Å². The van der Waals surface area contributed by atoms with Crippen molar-refractivity contribution < 1.29 is 9.59 Å². The first-order chi connectivity index (χ1) is 17.0. The fourth-order valence-electron chi connectivity index (χ4n) is 4.06. The molecule has 3 aromatic carbocycles. The number of aromatic amines is 1. The largest absolute Gasteiger partial charge is 0.361 e. The van der Waals surface area contributed by atoms with Crippen molar-refractivity contribution in [3.8, 4) is 0 Å². The Balaban J connectivity index is 1.60. The monoisotopic (exact) mass is 596 g/mol. The van der Waals surface area contributed by atoms with Crippen LogP contribution in [0.15, 0.2) is 87.9 Å². The number of aromatic nitrogens is 1. The highest BCUT2D eigenvalue weighted by atomic mass is 79.9. The van der Waals surface area contributed by atoms with Crippen LogP contribution in [-0.2, 0) is 16.0 Å². The molecular weight excluding hydrogens is 572 g/mol. The molecule has 0 radical (unpaired) electrons. The van der Waals surface area contributed by atoms with Gasteiger partial charge in [-0.05, 0) is 64.3 Å². The number of fused-ring (bicyclic) bond motifs is 1. The molecule has 35 heavy (non-hydrogen) atoms. The maximum Gasteiger partial charge on any atom is 0.251 e. The average molecular weight is 598 g/mol. The molecule has 3 N–H and O–H groups in total. The van der Waals surface area contributed by atoms with Gasteiger partial charge in [0.05, 0.1) is 5.69 Å². The zero-order chi connectivity index (χ0) is 24.8. The van der Waals surface area contributed by atoms with Gasteiger partial charge in [-0.25, -0.2) is 0 Å². The molecule has 4 rings (SSSR count). The molecule has 0 spiro atoms. The zero-order valence-corrected chi connectivity index (χ0v) is 22.3. The number of H-pyrrole nitrogens is 1. The highest BCUT2D eigenvalue weighted by Crippen LogP contribution is 2.34. The first-order valence-electron chi connectivity index (χ1n) is 11.3. The third-order valence-corrected chi connectivity index (χ3v) is 6.91. The molecule has 6 nitrogen and oxygen atoms in total. The van der Waals surface area contributed by atoms with Crippen LogP contribution in [0.3, 0.4) is 0 Å². The summed E-state index contributed by atoms with van der Waals surface area (Å²) in [5.74, 6) is -0.341. The van der Waals surface area contributed by atoms with Gasteiger partial charge in [-0.2, -0.15) is 0 Å². The first kappa shape index (κ1) is 25.2. The summed E-state index contributed by atoms with van der Waals surface area (Å²) in [6, 6.07) is 23.1. The van der Waals surface area contributed by atoms with Crippen molar-refractivity contribution in [3.05, 3.63) is 93.5 Å². The summed E-state index contributed by atoms with van der Waals surface area (Å²) < 4.78 is 1.66. The third kappa shape index (κ3) is 6.01. The van der Waals surface area contributed by atoms with Crippen molar-refractivity contribution in [3.63, 3.8) is 0 Å². The van der Waals surface area contributed by atoms with Crippen molar-refractivity contribution in [2.75, 3.05) is 24.5 Å². The Hall–Kier alpha value is -2.94. The number of amides is 2. The van der Waals surface area contributed by atoms with Crippen LogP contribution >= 0.6 is 31.9 Å². The van der Waals surface area contributed by atoms with Crippen LogP contribution in [0.5, 0.6) is 0 Å². The summed E-state index contributed by atoms with van der Waals surface area (Å²) in [5.41, 5.74) is 9.26. The van der Waals surface area contributed by atoms with Crippen LogP contribution in [0.2, 0.25) is 0 Å². The van der Waals surface area contributed by atoms with Crippen LogP contribution in [0.1, 0.15) is 12.0 Å². The van der Waals surface area contributed by atoms with E-state index in [1.165, 1.54) is 0 Å². The van der Waals surface area contributed by atoms with E-state index >= 15 is 0 Å². The van der Waals surface area contributed by atoms with E-state index in [1.807, 2.05) is 72.9 Å². The minimum Gasteiger partial charge on any atom is -0.361 e. The van der Waals surface area contributed by atoms with E-state index in [4.69, 9.17) is 5.73 Å². The summed E-state index contributed by atoms with van der Waals surface area (Å²) in [5, 5.41) is 1.12. The van der Waals surface area contributed by atoms with Crippen LogP contribution < -0.4 is 10.6 Å². The van der Waals surface area contributed by atoms with Crippen LogP contribution in [0.4, 0.5) is 11.4 Å². The second-order valence-corrected chi connectivity index (χ2v) is 9.89. The van der Waals surface area contributed by atoms with Gasteiger partial charge < -0.3 is 15.6 Å². The number of benzene rings is 3. The van der Waals surface area contributed by atoms with Crippen molar-refractivity contribution in [2.45, 2.75) is 12.8 Å². The maximum atomic E-state index is 13.7. The predicted molar refractivity (Wildman–Crippen MR) is 148 cm³/mol. The molecule has 0 aliphatic heterocycles. The SMILES string of the molecule is NCCC(=O)N(CCc1c[nH]c2ccccc12)CC(=O)N(c1ccccc1)c1ccc(Br)cc1Br. The zero-order valence-electron chi connectivity index (χ0n) is 19.1. The molecule has 1 heterocycles. The summed E-state index contributed by atoms with van der Waals surface area (Å²) in [4.78, 5) is 33.2. The lowest BCUT2D eigenvalue weighted by molar-refractivity contribution is -0.134. The molecular formula is C27H26Br2N4O2. The molecule has 1 aromatic heterocycles. The van der Waals surface area contributed by atoms with Crippen molar-refractivity contribution >= 4 is 66.0 Å². The molecule has 0 atom stereocenters. The molecule has 2 amide bonds. The number of hydrogen-bond acceptors (Lipinski definition) is 3. The van der Waals surface area contributed by atoms with Crippen LogP contribution in [-0.4, -0.2) is 41.3 Å². The van der Waals surface area contributed by atoms with E-state index in [1.54, 1.807) is 9.80 Å². The van der Waals surface area contributed by atoms with Gasteiger partial charge in [-0.1, -0.05) is 52.3 Å². The number of halogens is 2. The number of nitrogens with two attached hydrogens (primary N) is 1. The normalized spacial score (nSPS) is 10.9. The maximum absolute atomic E-state index is 13.7. The van der Waals surface area contributed by atoms with E-state index in [-0.39, 0.29) is 31.3 Å². The van der Waals surface area contributed by atoms with E-state index in [0.29, 0.717) is 18.7 Å². The topological polar surface area (TPSA) is 82.4 Å². The number of nitrogens with one attached hydrogen (secondary N) is 1. The summed E-state index contributed by atoms with van der Waals surface area (Å²) in [6.45, 7) is 0.590. The highest BCUT2D eigenvalue weighted by Gasteiger charge is 2.25. The Morgan fingerprint density at radius 2 is 1.66 bits per heavy atom. The van der Waals surface area contributed by atoms with Crippen LogP contribution in [0.25, 0.3) is 10.9 Å². The fourth-order valence-corrected chi connectivity index (χ4v) is 5.28. The number of para-hydroxylation sites is 2. The third-order valence-electron chi connectivity index (χ3n) is 5.78. The van der Waals surface area contributed by atoms with Gasteiger partial charge in [0.25, 0.3) is 5.91 Å². The van der Waals surface area contributed by atoms with E-state index in [9.17, 15) is 9.59 Å². The lowest BCUT2D eigenvalue weighted by atomic mass is 10.1. The van der Waals surface area contributed by atoms with Gasteiger partial charge in [-0.15, -0.1) is 0 Å². The van der Waals surface area contributed by atoms with E-state index in [0.717, 1.165) is 31.1 Å². The van der Waals surface area contributed by atoms with Gasteiger partial charge in [0.1, 0.15) is 6.54 Å². The number of carbonyl (C=O) groups is 2. The minimum absolute atomic E-state index is 0.0570. The number of hydrogen-bond donors (Lipinski definition) is 2. The number of nitrogens with zero attached hydrogens (tertiary/aromatic N) is 2. The highest BCUT2D eigenvalue weighted by molar-refractivity contribution is 9.11. The molecule has 8 heteroatoms. The van der Waals surface area contributed by atoms with Crippen molar-refractivity contribution in [1.82, 2.24) is 9.88 Å². The Kier molecular flexibility index (Phi) is 8.38. The Labute approximate surface area is 221 Å². The van der Waals surface area contributed by atoms with Gasteiger partial charge in [-0.3, -0.25) is 14.5 Å². The van der Waals surface area contributed by atoms with Crippen LogP contribution in [0, 0.1) is 0 Å². The molecule has 4 aromatic rings. The molecule has 0 saturated carbocycles. The Morgan fingerprint density at radius 3 is 2.40 bits per heavy atom. The molecule has 180 valence electrons. The number of carbonyl (C=O) groups excluding carboxylic acids is 2. The standard InChI is InChI=1S/C27H26Br2N4O2/c28-20-10-11-25(23(29)16-20)33(21-6-2-1-3-7-21)27(35)18-32(26(34)12-14-30)15-13-19-17-31-24-9-5-4-8-22(19)24/h1-11,16-17,31H,12-15,18,30H2. The second-order valence-electron chi connectivity index (χ2n) is 8.12. The fraction of sp³-hybridized carbons (Fsp3) is 0.185. The Bertz CT molecular complexity index is 1320. The minimum atomic E-state index is -0.205. The van der Waals surface area contributed by atoms with Gasteiger partial charge in [0.15, 0.2) is 0 Å². The lowest BCUT2D eigenvalue weighted by Gasteiger charge is -2.28. The molecule has 0 aliphatic carbocycles. The van der Waals surface area contributed by atoms with Gasteiger partial charge in [0.2, 0.25) is 5.91 Å². The summed E-state index contributed by atoms with van der Waals surface area (Å²) >= 11 is 7.06. The molecule has 0 aliphatic rings. The van der Waals surface area contributed by atoms with Crippen molar-refractivity contribution in [2.24, 2.45) is 5.73 Å². The van der Waals surface area contributed by atoms with Gasteiger partial charge in [0, 0.05) is 51.2 Å². The molecule has 0 bridgehead atoms. The number of rotatable bonds is 9. The average Bonchev–Trinajstić information content (AvgIpc) is 3.27. The second kappa shape index (κ2) is 11.7. The lowest BCUT2D eigenvalue weighted by Crippen LogP contribution is -2.43. The first-order valence-corrected chi connectivity index (χ1v) is 12.9. The summed E-state index contributed by atoms with van der Waals surface area (Å²) in [7, 11) is 0. The number of anilines is 2. The quantitative estimate of drug-likeness (QED) is 0.257. The molecule has 0 unspecified atom stereocenters. The van der Waals surface area contributed by atoms with Gasteiger partial charge >= 0.3 is 0 Å². The smallest absolute Gasteiger partial charge is 0.251 e. The van der Waals surface area contributed by atoms with E-state index < -0.39 is 0 Å². The Morgan fingerprint density at radius 1 is 0.914 bits per heavy atom.